The first-order valence-corrected chi connectivity index (χ1v) is 26.5. The molecule has 0 aromatic heterocycles. The van der Waals surface area contributed by atoms with Crippen molar-refractivity contribution in [3.8, 4) is 0 Å². The minimum Gasteiger partial charge on any atom is -0.465 e. The molecule has 1 aliphatic carbocycles. The van der Waals surface area contributed by atoms with Crippen LogP contribution in [0.25, 0.3) is 0 Å². The Bertz CT molecular complexity index is 1300. The van der Waals surface area contributed by atoms with Gasteiger partial charge >= 0.3 is 29.8 Å². The maximum Gasteiger partial charge on any atom is 0.308 e. The van der Waals surface area contributed by atoms with Crippen molar-refractivity contribution < 1.29 is 52.5 Å². The monoisotopic (exact) mass is 931 g/mol. The van der Waals surface area contributed by atoms with E-state index in [-0.39, 0.29) is 79.6 Å². The third kappa shape index (κ3) is 35.4. The van der Waals surface area contributed by atoms with Crippen LogP contribution in [-0.4, -0.2) is 62.1 Å². The molecule has 1 aliphatic rings. The van der Waals surface area contributed by atoms with Crippen LogP contribution in [0.2, 0.25) is 0 Å². The van der Waals surface area contributed by atoms with Crippen molar-refractivity contribution in [2.24, 2.45) is 17.8 Å². The molecule has 0 heterocycles. The number of unbranched alkanes of at least 4 members (excludes halogenated alkanes) is 12. The Balaban J connectivity index is 0.00000173. The molecule has 11 nitrogen and oxygen atoms in total. The van der Waals surface area contributed by atoms with E-state index in [1.54, 1.807) is 0 Å². The Hall–Kier alpha value is -3.76. The van der Waals surface area contributed by atoms with Crippen molar-refractivity contribution in [3.05, 3.63) is 35.9 Å². The van der Waals surface area contributed by atoms with E-state index in [1.165, 1.54) is 38.5 Å². The predicted octanol–water partition coefficient (Wildman–Crippen LogP) is 13.7. The maximum absolute atomic E-state index is 12.5. The highest BCUT2D eigenvalue weighted by Crippen LogP contribution is 2.28. The van der Waals surface area contributed by atoms with Gasteiger partial charge in [0, 0.05) is 25.2 Å². The van der Waals surface area contributed by atoms with Crippen LogP contribution in [0.4, 0.5) is 0 Å². The van der Waals surface area contributed by atoms with Gasteiger partial charge in [0.15, 0.2) is 0 Å². The zero-order valence-corrected chi connectivity index (χ0v) is 42.7. The standard InChI is InChI=1S/C38H70O8.C15H18O3.C2H6/c1-5-9-13-17-25-33(23-11-7-3)37(41)45-29-21-15-19-27-35(39)43-31-32-44-36(40)28-20-16-22-30-46-38(42)34(24-12-8-4)26-18-14-10-6-2;16-14(13-7-4-8-13)9-10-15(17)18-11-12-5-2-1-3-6-12;1-2/h33-34H,5-32H2,1-4H3;1-3,5-6,13H,4,7-11H2;1-2H3. The SMILES string of the molecule is CC.CCCCCCC(CCCC)C(=O)OCCCCCC(=O)OCCOC(=O)CCCCCOC(=O)C(CCCC)CCCCCC.O=C(CCC(=O)C1CCC1)OCc1ccccc1. The Morgan fingerprint density at radius 3 is 1.30 bits per heavy atom. The first kappa shape index (κ1) is 62.2. The zero-order chi connectivity index (χ0) is 48.9. The number of Topliss-reactive ketones (excluding diaryl/α,β-unsaturated/α-hetero) is 1. The second kappa shape index (κ2) is 45.0. The molecule has 0 bridgehead atoms. The van der Waals surface area contributed by atoms with E-state index in [0.29, 0.717) is 45.3 Å². The first-order valence-electron chi connectivity index (χ1n) is 26.5. The van der Waals surface area contributed by atoms with Crippen LogP contribution >= 0.6 is 0 Å². The topological polar surface area (TPSA) is 149 Å². The molecule has 0 radical (unpaired) electrons. The summed E-state index contributed by atoms with van der Waals surface area (Å²) >= 11 is 0. The zero-order valence-electron chi connectivity index (χ0n) is 42.7. The second-order valence-corrected chi connectivity index (χ2v) is 17.5. The summed E-state index contributed by atoms with van der Waals surface area (Å²) < 4.78 is 26.5. The molecule has 380 valence electrons. The molecule has 1 aromatic carbocycles. The summed E-state index contributed by atoms with van der Waals surface area (Å²) in [6, 6.07) is 9.55. The molecule has 66 heavy (non-hydrogen) atoms. The van der Waals surface area contributed by atoms with E-state index in [9.17, 15) is 28.8 Å². The van der Waals surface area contributed by atoms with E-state index in [2.05, 4.69) is 27.7 Å². The van der Waals surface area contributed by atoms with Crippen molar-refractivity contribution in [1.82, 2.24) is 0 Å². The summed E-state index contributed by atoms with van der Waals surface area (Å²) in [5.41, 5.74) is 0.969. The van der Waals surface area contributed by atoms with Crippen LogP contribution in [0.15, 0.2) is 30.3 Å². The normalized spacial score (nSPS) is 12.8. The van der Waals surface area contributed by atoms with Gasteiger partial charge in [0.05, 0.1) is 31.5 Å². The third-order valence-corrected chi connectivity index (χ3v) is 11.8. The number of carbonyl (C=O) groups excluding carboxylic acids is 6. The van der Waals surface area contributed by atoms with Gasteiger partial charge in [-0.1, -0.05) is 155 Å². The lowest BCUT2D eigenvalue weighted by atomic mass is 9.81. The number of hydrogen-bond donors (Lipinski definition) is 0. The lowest BCUT2D eigenvalue weighted by Gasteiger charge is -2.23. The highest BCUT2D eigenvalue weighted by molar-refractivity contribution is 5.85. The number of esters is 5. The third-order valence-electron chi connectivity index (χ3n) is 11.8. The Morgan fingerprint density at radius 2 is 0.879 bits per heavy atom. The highest BCUT2D eigenvalue weighted by atomic mass is 16.6. The summed E-state index contributed by atoms with van der Waals surface area (Å²) in [7, 11) is 0. The van der Waals surface area contributed by atoms with Crippen LogP contribution < -0.4 is 0 Å². The van der Waals surface area contributed by atoms with Crippen LogP contribution in [0.5, 0.6) is 0 Å². The molecule has 0 amide bonds. The summed E-state index contributed by atoms with van der Waals surface area (Å²) in [5.74, 6) is -0.598. The quantitative estimate of drug-likeness (QED) is 0.0353. The van der Waals surface area contributed by atoms with Gasteiger partial charge in [-0.3, -0.25) is 28.8 Å². The molecule has 11 heteroatoms. The molecule has 1 aromatic rings. The number of rotatable bonds is 39. The smallest absolute Gasteiger partial charge is 0.308 e. The van der Waals surface area contributed by atoms with Gasteiger partial charge in [0.2, 0.25) is 0 Å². The van der Waals surface area contributed by atoms with E-state index in [4.69, 9.17) is 23.7 Å². The van der Waals surface area contributed by atoms with Gasteiger partial charge in [0.1, 0.15) is 25.6 Å². The molecular formula is C55H94O11. The fourth-order valence-electron chi connectivity index (χ4n) is 7.40. The van der Waals surface area contributed by atoms with Crippen molar-refractivity contribution >= 4 is 35.6 Å². The minimum absolute atomic E-state index is 0.00957. The summed E-state index contributed by atoms with van der Waals surface area (Å²) in [6.45, 7) is 13.8. The molecule has 0 saturated heterocycles. The van der Waals surface area contributed by atoms with Crippen LogP contribution in [-0.2, 0) is 59.1 Å². The average molecular weight is 931 g/mol. The molecule has 0 N–H and O–H groups in total. The van der Waals surface area contributed by atoms with Crippen LogP contribution in [0.1, 0.15) is 233 Å². The highest BCUT2D eigenvalue weighted by Gasteiger charge is 2.25. The summed E-state index contributed by atoms with van der Waals surface area (Å²) in [5, 5.41) is 0. The van der Waals surface area contributed by atoms with E-state index in [0.717, 1.165) is 115 Å². The first-order chi connectivity index (χ1) is 32.1. The Kier molecular flexibility index (Phi) is 42.5. The Morgan fingerprint density at radius 1 is 0.455 bits per heavy atom. The summed E-state index contributed by atoms with van der Waals surface area (Å²) in [4.78, 5) is 72.0. The fourth-order valence-corrected chi connectivity index (χ4v) is 7.40. The predicted molar refractivity (Wildman–Crippen MR) is 263 cm³/mol. The lowest BCUT2D eigenvalue weighted by Crippen LogP contribution is -2.22. The van der Waals surface area contributed by atoms with Crippen molar-refractivity contribution in [1.29, 1.82) is 0 Å². The minimum atomic E-state index is -0.313. The maximum atomic E-state index is 12.5. The molecular weight excluding hydrogens is 837 g/mol. The number of ether oxygens (including phenoxy) is 5. The van der Waals surface area contributed by atoms with Gasteiger partial charge in [-0.25, -0.2) is 0 Å². The Labute approximate surface area is 401 Å². The lowest BCUT2D eigenvalue weighted by molar-refractivity contribution is -0.152. The van der Waals surface area contributed by atoms with E-state index in [1.807, 2.05) is 44.2 Å². The number of carbonyl (C=O) groups is 6. The van der Waals surface area contributed by atoms with Gasteiger partial charge in [-0.15, -0.1) is 0 Å². The van der Waals surface area contributed by atoms with Gasteiger partial charge in [0.25, 0.3) is 0 Å². The van der Waals surface area contributed by atoms with E-state index < -0.39 is 0 Å². The molecule has 2 atom stereocenters. The van der Waals surface area contributed by atoms with E-state index >= 15 is 0 Å². The largest absolute Gasteiger partial charge is 0.465 e. The number of ketones is 1. The van der Waals surface area contributed by atoms with Crippen LogP contribution in [0.3, 0.4) is 0 Å². The van der Waals surface area contributed by atoms with Crippen molar-refractivity contribution in [2.45, 2.75) is 234 Å². The fraction of sp³-hybridized carbons (Fsp3) is 0.782. The summed E-state index contributed by atoms with van der Waals surface area (Å²) in [6.07, 6.45) is 25.8. The van der Waals surface area contributed by atoms with Gasteiger partial charge in [-0.05, 0) is 82.6 Å². The van der Waals surface area contributed by atoms with Gasteiger partial charge in [-0.2, -0.15) is 0 Å². The number of benzene rings is 1. The van der Waals surface area contributed by atoms with Crippen molar-refractivity contribution in [3.63, 3.8) is 0 Å². The van der Waals surface area contributed by atoms with Crippen LogP contribution in [0, 0.1) is 17.8 Å². The van der Waals surface area contributed by atoms with Crippen molar-refractivity contribution in [2.75, 3.05) is 26.4 Å². The molecule has 1 saturated carbocycles. The second-order valence-electron chi connectivity index (χ2n) is 17.5. The number of hydrogen-bond acceptors (Lipinski definition) is 11. The molecule has 0 spiro atoms. The molecule has 2 rings (SSSR count). The molecule has 2 unspecified atom stereocenters. The molecule has 0 aliphatic heterocycles. The van der Waals surface area contributed by atoms with Gasteiger partial charge < -0.3 is 23.7 Å². The molecule has 1 fully saturated rings. The average Bonchev–Trinajstić information content (AvgIpc) is 3.31.